The lowest BCUT2D eigenvalue weighted by Crippen LogP contribution is -2.21. The lowest BCUT2D eigenvalue weighted by Gasteiger charge is -2.12. The van der Waals surface area contributed by atoms with Crippen molar-refractivity contribution >= 4 is 61.2 Å². The molecule has 2 aromatic carbocycles. The van der Waals surface area contributed by atoms with Crippen LogP contribution in [0.3, 0.4) is 0 Å². The van der Waals surface area contributed by atoms with Crippen LogP contribution in [0.1, 0.15) is 12.5 Å². The van der Waals surface area contributed by atoms with Crippen LogP contribution in [0.5, 0.6) is 5.75 Å². The Morgan fingerprint density at radius 3 is 2.67 bits per heavy atom. The Hall–Kier alpha value is -2.45. The molecule has 3 rings (SSSR count). The number of hydrazone groups is 1. The topological polar surface area (TPSA) is 79.2 Å². The van der Waals surface area contributed by atoms with Gasteiger partial charge in [0.25, 0.3) is 5.91 Å². The fraction of sp³-hybridized carbons (Fsp3) is 0.105. The highest BCUT2D eigenvalue weighted by molar-refractivity contribution is 9.10. The summed E-state index contributed by atoms with van der Waals surface area (Å²) in [6, 6.07) is 12.4. The fourth-order valence-corrected chi connectivity index (χ4v) is 3.29. The van der Waals surface area contributed by atoms with Gasteiger partial charge in [0.05, 0.1) is 17.0 Å². The van der Waals surface area contributed by atoms with Gasteiger partial charge in [-0.3, -0.25) is 4.79 Å². The number of anilines is 1. The van der Waals surface area contributed by atoms with E-state index in [0.29, 0.717) is 28.3 Å². The van der Waals surface area contributed by atoms with Crippen molar-refractivity contribution in [3.63, 3.8) is 0 Å². The summed E-state index contributed by atoms with van der Waals surface area (Å²) in [5.74, 6) is -0.976. The highest BCUT2D eigenvalue weighted by Gasteiger charge is 2.29. The number of carboxylic acids is 1. The van der Waals surface area contributed by atoms with Crippen molar-refractivity contribution in [1.82, 2.24) is 0 Å². The van der Waals surface area contributed by atoms with Crippen molar-refractivity contribution in [2.75, 3.05) is 11.6 Å². The Balaban J connectivity index is 1.96. The molecule has 138 valence electrons. The van der Waals surface area contributed by atoms with E-state index in [-0.39, 0.29) is 5.91 Å². The Morgan fingerprint density at radius 1 is 1.22 bits per heavy atom. The fourth-order valence-electron chi connectivity index (χ4n) is 2.53. The molecular formula is C19H14Br2N2O4. The van der Waals surface area contributed by atoms with E-state index in [9.17, 15) is 9.59 Å². The SMILES string of the molecule is CC1=NN(c2cccc(Br)c2)C(=O)C1=Cc1cc(Br)ccc1OCC(=O)O. The van der Waals surface area contributed by atoms with E-state index in [0.717, 1.165) is 8.95 Å². The Morgan fingerprint density at radius 2 is 1.96 bits per heavy atom. The van der Waals surface area contributed by atoms with Crippen LogP contribution < -0.4 is 9.75 Å². The molecule has 1 aliphatic heterocycles. The molecule has 0 saturated carbocycles. The van der Waals surface area contributed by atoms with E-state index in [1.54, 1.807) is 43.3 Å². The molecule has 27 heavy (non-hydrogen) atoms. The zero-order valence-electron chi connectivity index (χ0n) is 14.1. The second-order valence-corrected chi connectivity index (χ2v) is 7.54. The molecule has 6 nitrogen and oxygen atoms in total. The van der Waals surface area contributed by atoms with Crippen LogP contribution >= 0.6 is 31.9 Å². The van der Waals surface area contributed by atoms with E-state index in [4.69, 9.17) is 9.84 Å². The van der Waals surface area contributed by atoms with E-state index in [2.05, 4.69) is 37.0 Å². The van der Waals surface area contributed by atoms with Crippen molar-refractivity contribution in [2.45, 2.75) is 6.92 Å². The van der Waals surface area contributed by atoms with Gasteiger partial charge < -0.3 is 9.84 Å². The van der Waals surface area contributed by atoms with Gasteiger partial charge in [0, 0.05) is 14.5 Å². The highest BCUT2D eigenvalue weighted by atomic mass is 79.9. The molecule has 1 aliphatic rings. The Bertz CT molecular complexity index is 985. The van der Waals surface area contributed by atoms with Crippen LogP contribution in [0.2, 0.25) is 0 Å². The molecule has 0 unspecified atom stereocenters. The molecule has 0 fully saturated rings. The summed E-state index contributed by atoms with van der Waals surface area (Å²) in [6.07, 6.45) is 1.65. The van der Waals surface area contributed by atoms with Crippen molar-refractivity contribution in [1.29, 1.82) is 0 Å². The number of nitrogens with zero attached hydrogens (tertiary/aromatic N) is 2. The molecule has 0 saturated heterocycles. The van der Waals surface area contributed by atoms with E-state index >= 15 is 0 Å². The number of carboxylic acid groups (broad SMARTS) is 1. The first-order chi connectivity index (χ1) is 12.8. The second kappa shape index (κ2) is 8.06. The number of carbonyl (C=O) groups excluding carboxylic acids is 1. The van der Waals surface area contributed by atoms with Crippen molar-refractivity contribution in [2.24, 2.45) is 5.10 Å². The van der Waals surface area contributed by atoms with Gasteiger partial charge in [-0.05, 0) is 49.4 Å². The van der Waals surface area contributed by atoms with Gasteiger partial charge in [-0.15, -0.1) is 0 Å². The van der Waals surface area contributed by atoms with E-state index in [1.807, 2.05) is 12.1 Å². The van der Waals surface area contributed by atoms with E-state index < -0.39 is 12.6 Å². The third-order valence-electron chi connectivity index (χ3n) is 3.74. The van der Waals surface area contributed by atoms with Crippen LogP contribution in [0, 0.1) is 0 Å². The number of hydrogen-bond acceptors (Lipinski definition) is 4. The summed E-state index contributed by atoms with van der Waals surface area (Å²) in [4.78, 5) is 23.7. The van der Waals surface area contributed by atoms with Gasteiger partial charge in [0.15, 0.2) is 6.61 Å². The predicted molar refractivity (Wildman–Crippen MR) is 110 cm³/mol. The van der Waals surface area contributed by atoms with Crippen molar-refractivity contribution in [3.8, 4) is 5.75 Å². The summed E-state index contributed by atoms with van der Waals surface area (Å²) in [5.41, 5.74) is 2.20. The molecule has 0 aromatic heterocycles. The standard InChI is InChI=1S/C19H14Br2N2O4/c1-11-16(19(26)23(22-11)15-4-2-3-13(20)9-15)8-12-7-14(21)5-6-17(12)27-10-18(24)25/h2-9H,10H2,1H3,(H,24,25). The Kier molecular flexibility index (Phi) is 5.76. The zero-order chi connectivity index (χ0) is 19.6. The van der Waals surface area contributed by atoms with Gasteiger partial charge in [-0.2, -0.15) is 10.1 Å². The van der Waals surface area contributed by atoms with Gasteiger partial charge in [-0.25, -0.2) is 4.79 Å². The molecule has 2 aromatic rings. The Labute approximate surface area is 172 Å². The van der Waals surface area contributed by atoms with Gasteiger partial charge in [0.2, 0.25) is 0 Å². The summed E-state index contributed by atoms with van der Waals surface area (Å²) in [6.45, 7) is 1.28. The van der Waals surface area contributed by atoms with Gasteiger partial charge >= 0.3 is 5.97 Å². The average Bonchev–Trinajstić information content (AvgIpc) is 2.89. The summed E-state index contributed by atoms with van der Waals surface area (Å²) >= 11 is 6.77. The average molecular weight is 494 g/mol. The predicted octanol–water partition coefficient (Wildman–Crippen LogP) is 4.48. The first-order valence-electron chi connectivity index (χ1n) is 7.86. The maximum Gasteiger partial charge on any atom is 0.341 e. The lowest BCUT2D eigenvalue weighted by molar-refractivity contribution is -0.139. The normalized spacial score (nSPS) is 15.2. The van der Waals surface area contributed by atoms with Gasteiger partial charge in [0.1, 0.15) is 5.75 Å². The number of hydrogen-bond donors (Lipinski definition) is 1. The molecule has 8 heteroatoms. The lowest BCUT2D eigenvalue weighted by atomic mass is 10.1. The molecule has 0 bridgehead atoms. The number of benzene rings is 2. The molecule has 1 heterocycles. The van der Waals surface area contributed by atoms with Crippen molar-refractivity contribution in [3.05, 3.63) is 62.5 Å². The maximum atomic E-state index is 12.9. The first kappa shape index (κ1) is 19.3. The van der Waals surface area contributed by atoms with Crippen LogP contribution in [-0.2, 0) is 9.59 Å². The summed E-state index contributed by atoms with van der Waals surface area (Å²) in [5, 5.41) is 14.5. The monoisotopic (exact) mass is 492 g/mol. The van der Waals surface area contributed by atoms with Gasteiger partial charge in [-0.1, -0.05) is 37.9 Å². The summed E-state index contributed by atoms with van der Waals surface area (Å²) < 4.78 is 6.95. The van der Waals surface area contributed by atoms with Crippen LogP contribution in [-0.4, -0.2) is 29.3 Å². The maximum absolute atomic E-state index is 12.9. The van der Waals surface area contributed by atoms with Crippen LogP contribution in [0.15, 0.2) is 62.1 Å². The molecule has 0 aliphatic carbocycles. The zero-order valence-corrected chi connectivity index (χ0v) is 17.3. The number of halogens is 2. The molecule has 1 amide bonds. The molecule has 1 N–H and O–H groups in total. The minimum Gasteiger partial charge on any atom is -0.481 e. The van der Waals surface area contributed by atoms with Crippen LogP contribution in [0.4, 0.5) is 5.69 Å². The minimum absolute atomic E-state index is 0.269. The third kappa shape index (κ3) is 4.45. The minimum atomic E-state index is -1.08. The number of aliphatic carboxylic acids is 1. The molecule has 0 spiro atoms. The number of amides is 1. The summed E-state index contributed by atoms with van der Waals surface area (Å²) in [7, 11) is 0. The smallest absolute Gasteiger partial charge is 0.341 e. The number of carbonyl (C=O) groups is 2. The first-order valence-corrected chi connectivity index (χ1v) is 9.45. The molecule has 0 radical (unpaired) electrons. The molecule has 0 atom stereocenters. The molecular weight excluding hydrogens is 480 g/mol. The van der Waals surface area contributed by atoms with Crippen LogP contribution in [0.25, 0.3) is 6.08 Å². The second-order valence-electron chi connectivity index (χ2n) is 5.70. The highest BCUT2D eigenvalue weighted by Crippen LogP contribution is 2.30. The quantitative estimate of drug-likeness (QED) is 0.622. The van der Waals surface area contributed by atoms with Crippen molar-refractivity contribution < 1.29 is 19.4 Å². The largest absolute Gasteiger partial charge is 0.481 e. The van der Waals surface area contributed by atoms with E-state index in [1.165, 1.54) is 5.01 Å². The number of ether oxygens (including phenoxy) is 1. The number of rotatable bonds is 5. The third-order valence-corrected chi connectivity index (χ3v) is 4.72.